The summed E-state index contributed by atoms with van der Waals surface area (Å²) in [7, 11) is 0. The van der Waals surface area contributed by atoms with E-state index < -0.39 is 0 Å². The van der Waals surface area contributed by atoms with Gasteiger partial charge in [-0.3, -0.25) is 4.79 Å². The molecule has 0 atom stereocenters. The quantitative estimate of drug-likeness (QED) is 0.735. The maximum Gasteiger partial charge on any atom is 0.385 e. The van der Waals surface area contributed by atoms with E-state index in [9.17, 15) is 4.79 Å². The maximum atomic E-state index is 11.6. The Morgan fingerprint density at radius 2 is 2.43 bits per heavy atom. The van der Waals surface area contributed by atoms with Crippen molar-refractivity contribution >= 4 is 5.78 Å². The minimum atomic E-state index is -0.0669. The third-order valence-electron chi connectivity index (χ3n) is 2.06. The Morgan fingerprint density at radius 1 is 1.64 bits per heavy atom. The fourth-order valence-corrected chi connectivity index (χ4v) is 1.47. The molecule has 0 unspecified atom stereocenters. The van der Waals surface area contributed by atoms with Crippen molar-refractivity contribution in [3.63, 3.8) is 0 Å². The SMILES string of the molecule is CCCc1cc(=O)n2[nH]c(C)[nH+]c2n1. The van der Waals surface area contributed by atoms with Crippen LogP contribution in [0.1, 0.15) is 24.9 Å². The molecule has 14 heavy (non-hydrogen) atoms. The summed E-state index contributed by atoms with van der Waals surface area (Å²) in [6, 6.07) is 1.57. The highest BCUT2D eigenvalue weighted by Gasteiger charge is 2.11. The number of hydrogen-bond donors (Lipinski definition) is 1. The molecule has 0 saturated heterocycles. The minimum Gasteiger partial charge on any atom is -0.252 e. The Bertz CT molecular complexity index is 511. The highest BCUT2D eigenvalue weighted by atomic mass is 16.1. The zero-order valence-electron chi connectivity index (χ0n) is 8.29. The molecule has 2 rings (SSSR count). The molecule has 2 aromatic heterocycles. The first-order chi connectivity index (χ1) is 6.70. The molecule has 0 aliphatic heterocycles. The van der Waals surface area contributed by atoms with Gasteiger partial charge >= 0.3 is 11.3 Å². The van der Waals surface area contributed by atoms with Crippen LogP contribution in [0.4, 0.5) is 0 Å². The monoisotopic (exact) mass is 193 g/mol. The molecule has 5 nitrogen and oxygen atoms in total. The molecule has 2 N–H and O–H groups in total. The van der Waals surface area contributed by atoms with Gasteiger partial charge in [-0.15, -0.1) is 4.98 Å². The van der Waals surface area contributed by atoms with Crippen LogP contribution in [-0.2, 0) is 6.42 Å². The third kappa shape index (κ3) is 1.41. The lowest BCUT2D eigenvalue weighted by Crippen LogP contribution is -2.17. The summed E-state index contributed by atoms with van der Waals surface area (Å²) in [5.41, 5.74) is 0.774. The lowest BCUT2D eigenvalue weighted by atomic mass is 10.2. The average Bonchev–Trinajstić information content (AvgIpc) is 2.47. The lowest BCUT2D eigenvalue weighted by Gasteiger charge is -1.90. The summed E-state index contributed by atoms with van der Waals surface area (Å²) in [4.78, 5) is 18.9. The highest BCUT2D eigenvalue weighted by molar-refractivity contribution is 5.20. The molecule has 0 aliphatic carbocycles. The van der Waals surface area contributed by atoms with Crippen LogP contribution >= 0.6 is 0 Å². The number of rotatable bonds is 2. The van der Waals surface area contributed by atoms with Crippen LogP contribution in [0.25, 0.3) is 5.78 Å². The van der Waals surface area contributed by atoms with Gasteiger partial charge in [-0.1, -0.05) is 11.4 Å². The third-order valence-corrected chi connectivity index (χ3v) is 2.06. The number of H-pyrrole nitrogens is 2. The van der Waals surface area contributed by atoms with E-state index in [4.69, 9.17) is 0 Å². The van der Waals surface area contributed by atoms with Gasteiger partial charge in [0.25, 0.3) is 0 Å². The van der Waals surface area contributed by atoms with Crippen molar-refractivity contribution in [3.05, 3.63) is 27.9 Å². The lowest BCUT2D eigenvalue weighted by molar-refractivity contribution is -0.359. The highest BCUT2D eigenvalue weighted by Crippen LogP contribution is 1.96. The summed E-state index contributed by atoms with van der Waals surface area (Å²) in [5, 5.41) is 2.88. The van der Waals surface area contributed by atoms with E-state index in [1.165, 1.54) is 4.52 Å². The largest absolute Gasteiger partial charge is 0.385 e. The molecule has 2 aromatic rings. The maximum absolute atomic E-state index is 11.6. The number of aryl methyl sites for hydroxylation is 2. The van der Waals surface area contributed by atoms with Crippen molar-refractivity contribution in [2.24, 2.45) is 0 Å². The first kappa shape index (κ1) is 8.93. The molecule has 0 bridgehead atoms. The van der Waals surface area contributed by atoms with E-state index in [1.54, 1.807) is 6.07 Å². The van der Waals surface area contributed by atoms with Gasteiger partial charge in [-0.2, -0.15) is 5.10 Å². The molecular weight excluding hydrogens is 180 g/mol. The Labute approximate surface area is 80.8 Å². The molecular formula is C9H13N4O+. The van der Waals surface area contributed by atoms with E-state index in [-0.39, 0.29) is 5.56 Å². The van der Waals surface area contributed by atoms with E-state index in [0.29, 0.717) is 5.78 Å². The molecule has 0 saturated carbocycles. The van der Waals surface area contributed by atoms with Crippen LogP contribution in [0.5, 0.6) is 0 Å². The molecule has 5 heteroatoms. The van der Waals surface area contributed by atoms with Gasteiger partial charge in [-0.05, 0) is 6.42 Å². The van der Waals surface area contributed by atoms with Gasteiger partial charge in [0.2, 0.25) is 0 Å². The zero-order valence-corrected chi connectivity index (χ0v) is 8.29. The number of fused-ring (bicyclic) bond motifs is 1. The summed E-state index contributed by atoms with van der Waals surface area (Å²) >= 11 is 0. The predicted octanol–water partition coefficient (Wildman–Crippen LogP) is 0.0976. The molecule has 2 heterocycles. The van der Waals surface area contributed by atoms with Crippen LogP contribution < -0.4 is 10.5 Å². The van der Waals surface area contributed by atoms with Crippen molar-refractivity contribution in [2.75, 3.05) is 0 Å². The number of nitrogens with zero attached hydrogens (tertiary/aromatic N) is 2. The standard InChI is InChI=1S/C9H12N4O/c1-3-4-7-5-8(14)13-9(11-7)10-6(2)12-13/h5H,3-4H2,1-2H3,(H,10,11,12)/p+1. The van der Waals surface area contributed by atoms with Gasteiger partial charge < -0.3 is 0 Å². The summed E-state index contributed by atoms with van der Waals surface area (Å²) in [6.45, 7) is 3.92. The average molecular weight is 193 g/mol. The zero-order chi connectivity index (χ0) is 10.1. The second-order valence-electron chi connectivity index (χ2n) is 3.36. The first-order valence-corrected chi connectivity index (χ1v) is 4.71. The van der Waals surface area contributed by atoms with Crippen molar-refractivity contribution in [1.82, 2.24) is 14.6 Å². The number of nitrogens with one attached hydrogen (secondary N) is 2. The van der Waals surface area contributed by atoms with Crippen LogP contribution in [0, 0.1) is 6.92 Å². The smallest absolute Gasteiger partial charge is 0.252 e. The Balaban J connectivity index is 2.65. The van der Waals surface area contributed by atoms with Crippen molar-refractivity contribution < 1.29 is 4.98 Å². The van der Waals surface area contributed by atoms with Crippen molar-refractivity contribution in [2.45, 2.75) is 26.7 Å². The summed E-state index contributed by atoms with van der Waals surface area (Å²) in [5.74, 6) is 1.40. The van der Waals surface area contributed by atoms with Crippen LogP contribution in [0.2, 0.25) is 0 Å². The molecule has 0 radical (unpaired) electrons. The fourth-order valence-electron chi connectivity index (χ4n) is 1.47. The van der Waals surface area contributed by atoms with Crippen molar-refractivity contribution in [3.8, 4) is 0 Å². The second kappa shape index (κ2) is 3.25. The van der Waals surface area contributed by atoms with Crippen LogP contribution in [0.15, 0.2) is 10.9 Å². The minimum absolute atomic E-state index is 0.0669. The Morgan fingerprint density at radius 3 is 3.14 bits per heavy atom. The second-order valence-corrected chi connectivity index (χ2v) is 3.36. The normalized spacial score (nSPS) is 11.0. The van der Waals surface area contributed by atoms with Gasteiger partial charge in [0.15, 0.2) is 5.82 Å². The molecule has 74 valence electrons. The molecule has 0 aliphatic rings. The first-order valence-electron chi connectivity index (χ1n) is 4.71. The number of aromatic nitrogens is 4. The Hall–Kier alpha value is -1.65. The van der Waals surface area contributed by atoms with Gasteiger partial charge in [-0.25, -0.2) is 4.98 Å². The Kier molecular flexibility index (Phi) is 2.07. The predicted molar refractivity (Wildman–Crippen MR) is 51.1 cm³/mol. The molecule has 0 spiro atoms. The number of aromatic amines is 2. The molecule has 0 fully saturated rings. The fraction of sp³-hybridized carbons (Fsp3) is 0.444. The van der Waals surface area contributed by atoms with E-state index in [1.807, 2.05) is 6.92 Å². The van der Waals surface area contributed by atoms with Gasteiger partial charge in [0.1, 0.15) is 5.69 Å². The van der Waals surface area contributed by atoms with E-state index in [2.05, 4.69) is 22.0 Å². The molecule has 0 aromatic carbocycles. The van der Waals surface area contributed by atoms with Gasteiger partial charge in [0, 0.05) is 13.3 Å². The molecule has 0 amide bonds. The van der Waals surface area contributed by atoms with Crippen LogP contribution in [-0.4, -0.2) is 14.6 Å². The van der Waals surface area contributed by atoms with Gasteiger partial charge in [0.05, 0.1) is 6.07 Å². The van der Waals surface area contributed by atoms with Crippen molar-refractivity contribution in [1.29, 1.82) is 0 Å². The van der Waals surface area contributed by atoms with E-state index >= 15 is 0 Å². The summed E-state index contributed by atoms with van der Waals surface area (Å²) < 4.78 is 1.41. The topological polar surface area (TPSA) is 64.3 Å². The number of hydrogen-bond acceptors (Lipinski definition) is 2. The van der Waals surface area contributed by atoms with E-state index in [0.717, 1.165) is 24.4 Å². The van der Waals surface area contributed by atoms with Crippen LogP contribution in [0.3, 0.4) is 0 Å². The summed E-state index contributed by atoms with van der Waals surface area (Å²) in [6.07, 6.45) is 1.83.